The van der Waals surface area contributed by atoms with Gasteiger partial charge in [0.15, 0.2) is 0 Å². The quantitative estimate of drug-likeness (QED) is 0.421. The lowest BCUT2D eigenvalue weighted by atomic mass is 10.1. The average molecular weight is 455 g/mol. The summed E-state index contributed by atoms with van der Waals surface area (Å²) in [7, 11) is 2.15. The number of nitrogens with one attached hydrogen (secondary N) is 2. The zero-order chi connectivity index (χ0) is 23.5. The van der Waals surface area contributed by atoms with Crippen LogP contribution in [0.3, 0.4) is 0 Å². The molecule has 2 heterocycles. The third-order valence-corrected chi connectivity index (χ3v) is 6.55. The smallest absolute Gasteiger partial charge is 0.228 e. The van der Waals surface area contributed by atoms with Crippen LogP contribution in [0.1, 0.15) is 24.0 Å². The molecular formula is C28H30N4O2. The zero-order valence-electron chi connectivity index (χ0n) is 19.7. The maximum atomic E-state index is 12.6. The molecule has 1 aliphatic rings. The Morgan fingerprint density at radius 2 is 1.85 bits per heavy atom. The number of ether oxygens (including phenoxy) is 1. The molecule has 34 heavy (non-hydrogen) atoms. The largest absolute Gasteiger partial charge is 0.490 e. The van der Waals surface area contributed by atoms with Crippen molar-refractivity contribution in [3.8, 4) is 17.0 Å². The van der Waals surface area contributed by atoms with E-state index in [9.17, 15) is 4.79 Å². The standard InChI is InChI=1S/C28H30N4O2/c1-19-5-3-4-6-21(19)17-27(33)29-22-9-12-26-25(18-22)28(31-30-26)20-7-10-23(11-8-20)34-24-13-15-32(2)16-14-24/h3-12,18,24H,13-17H2,1-2H3,(H,29,33)(H,30,31). The molecule has 1 aliphatic heterocycles. The normalized spacial score (nSPS) is 14.9. The van der Waals surface area contributed by atoms with E-state index in [1.807, 2.05) is 73.7 Å². The number of fused-ring (bicyclic) bond motifs is 1. The minimum Gasteiger partial charge on any atom is -0.490 e. The summed E-state index contributed by atoms with van der Waals surface area (Å²) >= 11 is 0. The zero-order valence-corrected chi connectivity index (χ0v) is 19.7. The number of hydrogen-bond donors (Lipinski definition) is 2. The number of rotatable bonds is 6. The summed E-state index contributed by atoms with van der Waals surface area (Å²) in [5.41, 5.74) is 5.71. The number of hydrogen-bond acceptors (Lipinski definition) is 4. The molecule has 0 radical (unpaired) electrons. The molecule has 4 aromatic rings. The predicted molar refractivity (Wildman–Crippen MR) is 136 cm³/mol. The van der Waals surface area contributed by atoms with Gasteiger partial charge in [-0.15, -0.1) is 0 Å². The third kappa shape index (κ3) is 4.97. The van der Waals surface area contributed by atoms with E-state index in [1.165, 1.54) is 0 Å². The third-order valence-electron chi connectivity index (χ3n) is 6.55. The molecule has 1 aromatic heterocycles. The molecule has 2 N–H and O–H groups in total. The van der Waals surface area contributed by atoms with Crippen LogP contribution < -0.4 is 10.1 Å². The molecular weight excluding hydrogens is 424 g/mol. The summed E-state index contributed by atoms with van der Waals surface area (Å²) in [5, 5.41) is 11.6. The Balaban J connectivity index is 1.30. The average Bonchev–Trinajstić information content (AvgIpc) is 3.26. The molecule has 0 atom stereocenters. The highest BCUT2D eigenvalue weighted by molar-refractivity contribution is 5.98. The Labute approximate surface area is 199 Å². The minimum atomic E-state index is -0.0332. The van der Waals surface area contributed by atoms with Crippen LogP contribution in [0, 0.1) is 6.92 Å². The Bertz CT molecular complexity index is 1290. The van der Waals surface area contributed by atoms with Crippen LogP contribution in [0.25, 0.3) is 22.2 Å². The lowest BCUT2D eigenvalue weighted by Crippen LogP contribution is -2.35. The lowest BCUT2D eigenvalue weighted by molar-refractivity contribution is -0.115. The van der Waals surface area contributed by atoms with Gasteiger partial charge >= 0.3 is 0 Å². The van der Waals surface area contributed by atoms with Crippen molar-refractivity contribution in [2.24, 2.45) is 0 Å². The molecule has 0 spiro atoms. The van der Waals surface area contributed by atoms with Crippen molar-refractivity contribution in [1.82, 2.24) is 15.1 Å². The summed E-state index contributed by atoms with van der Waals surface area (Å²) in [6, 6.07) is 21.9. The number of carbonyl (C=O) groups excluding carboxylic acids is 1. The number of aromatic nitrogens is 2. The van der Waals surface area contributed by atoms with Crippen molar-refractivity contribution in [2.45, 2.75) is 32.3 Å². The molecule has 0 aliphatic carbocycles. The molecule has 0 bridgehead atoms. The van der Waals surface area contributed by atoms with Gasteiger partial charge in [-0.1, -0.05) is 24.3 Å². The molecule has 1 fully saturated rings. The van der Waals surface area contributed by atoms with Crippen molar-refractivity contribution < 1.29 is 9.53 Å². The first-order valence-electron chi connectivity index (χ1n) is 11.8. The first-order valence-corrected chi connectivity index (χ1v) is 11.8. The van der Waals surface area contributed by atoms with Crippen LogP contribution in [-0.4, -0.2) is 47.2 Å². The van der Waals surface area contributed by atoms with E-state index in [4.69, 9.17) is 4.74 Å². The SMILES string of the molecule is Cc1ccccc1CC(=O)Nc1ccc2[nH]nc(-c3ccc(OC4CCN(C)CC4)cc3)c2c1. The second kappa shape index (κ2) is 9.69. The van der Waals surface area contributed by atoms with E-state index >= 15 is 0 Å². The number of amides is 1. The fraction of sp³-hybridized carbons (Fsp3) is 0.286. The van der Waals surface area contributed by atoms with Gasteiger partial charge in [0.05, 0.1) is 17.6 Å². The molecule has 5 rings (SSSR count). The Hall–Kier alpha value is -3.64. The maximum Gasteiger partial charge on any atom is 0.228 e. The summed E-state index contributed by atoms with van der Waals surface area (Å²) in [5.74, 6) is 0.858. The van der Waals surface area contributed by atoms with E-state index in [1.54, 1.807) is 0 Å². The van der Waals surface area contributed by atoms with Gasteiger partial charge in [0, 0.05) is 29.7 Å². The monoisotopic (exact) mass is 454 g/mol. The minimum absolute atomic E-state index is 0.0332. The van der Waals surface area contributed by atoms with Crippen LogP contribution in [0.2, 0.25) is 0 Å². The number of likely N-dealkylation sites (tertiary alicyclic amines) is 1. The second-order valence-corrected chi connectivity index (χ2v) is 9.13. The highest BCUT2D eigenvalue weighted by atomic mass is 16.5. The number of anilines is 1. The van der Waals surface area contributed by atoms with Gasteiger partial charge in [-0.3, -0.25) is 9.89 Å². The Kier molecular flexibility index (Phi) is 6.32. The van der Waals surface area contributed by atoms with Gasteiger partial charge in [-0.25, -0.2) is 0 Å². The predicted octanol–water partition coefficient (Wildman–Crippen LogP) is 5.19. The van der Waals surface area contributed by atoms with Crippen molar-refractivity contribution >= 4 is 22.5 Å². The van der Waals surface area contributed by atoms with E-state index in [0.29, 0.717) is 6.42 Å². The van der Waals surface area contributed by atoms with Gasteiger partial charge in [0.2, 0.25) is 5.91 Å². The number of H-pyrrole nitrogens is 1. The number of benzene rings is 3. The van der Waals surface area contributed by atoms with Gasteiger partial charge in [-0.05, 0) is 80.4 Å². The van der Waals surface area contributed by atoms with Crippen molar-refractivity contribution in [1.29, 1.82) is 0 Å². The van der Waals surface area contributed by atoms with Crippen molar-refractivity contribution in [3.63, 3.8) is 0 Å². The van der Waals surface area contributed by atoms with Gasteiger partial charge in [-0.2, -0.15) is 5.10 Å². The molecule has 3 aromatic carbocycles. The Morgan fingerprint density at radius 3 is 2.62 bits per heavy atom. The first-order chi connectivity index (χ1) is 16.5. The number of aryl methyl sites for hydroxylation is 1. The summed E-state index contributed by atoms with van der Waals surface area (Å²) < 4.78 is 6.18. The molecule has 0 unspecified atom stereocenters. The van der Waals surface area contributed by atoms with Crippen molar-refractivity contribution in [2.75, 3.05) is 25.5 Å². The molecule has 6 heteroatoms. The lowest BCUT2D eigenvalue weighted by Gasteiger charge is -2.29. The molecule has 174 valence electrons. The van der Waals surface area contributed by atoms with Gasteiger partial charge in [0.1, 0.15) is 11.9 Å². The van der Waals surface area contributed by atoms with E-state index in [-0.39, 0.29) is 12.0 Å². The second-order valence-electron chi connectivity index (χ2n) is 9.13. The topological polar surface area (TPSA) is 70.2 Å². The molecule has 6 nitrogen and oxygen atoms in total. The van der Waals surface area contributed by atoms with Gasteiger partial charge in [0.25, 0.3) is 0 Å². The van der Waals surface area contributed by atoms with Crippen LogP contribution in [0.5, 0.6) is 5.75 Å². The van der Waals surface area contributed by atoms with Gasteiger partial charge < -0.3 is 15.0 Å². The van der Waals surface area contributed by atoms with E-state index < -0.39 is 0 Å². The van der Waals surface area contributed by atoms with E-state index in [0.717, 1.165) is 70.7 Å². The summed E-state index contributed by atoms with van der Waals surface area (Å²) in [6.07, 6.45) is 2.74. The van der Waals surface area contributed by atoms with E-state index in [2.05, 4.69) is 27.5 Å². The highest BCUT2D eigenvalue weighted by Crippen LogP contribution is 2.30. The van der Waals surface area contributed by atoms with Crippen LogP contribution in [-0.2, 0) is 11.2 Å². The highest BCUT2D eigenvalue weighted by Gasteiger charge is 2.18. The molecule has 1 saturated heterocycles. The van der Waals surface area contributed by atoms with Crippen LogP contribution in [0.4, 0.5) is 5.69 Å². The first kappa shape index (κ1) is 22.2. The number of nitrogens with zero attached hydrogens (tertiary/aromatic N) is 2. The van der Waals surface area contributed by atoms with Crippen LogP contribution >= 0.6 is 0 Å². The molecule has 0 saturated carbocycles. The number of carbonyl (C=O) groups is 1. The van der Waals surface area contributed by atoms with Crippen molar-refractivity contribution in [3.05, 3.63) is 77.9 Å². The number of piperidine rings is 1. The van der Waals surface area contributed by atoms with Crippen LogP contribution in [0.15, 0.2) is 66.7 Å². The Morgan fingerprint density at radius 1 is 1.09 bits per heavy atom. The summed E-state index contributed by atoms with van der Waals surface area (Å²) in [6.45, 7) is 4.17. The fourth-order valence-corrected chi connectivity index (χ4v) is 4.48. The summed E-state index contributed by atoms with van der Waals surface area (Å²) in [4.78, 5) is 15.0. The maximum absolute atomic E-state index is 12.6. The number of aromatic amines is 1. The fourth-order valence-electron chi connectivity index (χ4n) is 4.48. The molecule has 1 amide bonds.